The maximum Gasteiger partial charge on any atom is 0.300 e. The topological polar surface area (TPSA) is 115 Å². The fraction of sp³-hybridized carbons (Fsp3) is 0.214. The summed E-state index contributed by atoms with van der Waals surface area (Å²) in [5.41, 5.74) is 0.716. The summed E-state index contributed by atoms with van der Waals surface area (Å²) >= 11 is 6.41. The lowest BCUT2D eigenvalue weighted by molar-refractivity contribution is -0.132. The van der Waals surface area contributed by atoms with Crippen molar-refractivity contribution >= 4 is 34.7 Å². The molecule has 2 heterocycles. The van der Waals surface area contributed by atoms with Crippen LogP contribution in [0.3, 0.4) is 0 Å². The summed E-state index contributed by atoms with van der Waals surface area (Å²) in [4.78, 5) is 28.3. The third-order valence-corrected chi connectivity index (χ3v) is 6.51. The Balaban J connectivity index is 1.73. The van der Waals surface area contributed by atoms with E-state index in [4.69, 9.17) is 30.5 Å². The summed E-state index contributed by atoms with van der Waals surface area (Å²) in [7, 11) is 0. The summed E-state index contributed by atoms with van der Waals surface area (Å²) in [6.45, 7) is 4.26. The first-order chi connectivity index (χ1) is 18.3. The molecule has 0 radical (unpaired) electrons. The number of aliphatic hydroxyl groups is 1. The molecule has 1 fully saturated rings. The van der Waals surface area contributed by atoms with Crippen LogP contribution in [0, 0.1) is 0 Å². The Kier molecular flexibility index (Phi) is 6.77. The summed E-state index contributed by atoms with van der Waals surface area (Å²) < 4.78 is 21.9. The predicted octanol–water partition coefficient (Wildman–Crippen LogP) is 5.20. The van der Waals surface area contributed by atoms with Crippen LogP contribution in [-0.2, 0) is 9.59 Å². The van der Waals surface area contributed by atoms with Gasteiger partial charge in [0.1, 0.15) is 11.5 Å². The summed E-state index contributed by atoms with van der Waals surface area (Å²) in [5.74, 6) is -0.827. The molecule has 9 nitrogen and oxygen atoms in total. The molecule has 0 aromatic heterocycles. The van der Waals surface area contributed by atoms with E-state index in [0.717, 1.165) is 0 Å². The van der Waals surface area contributed by atoms with Crippen molar-refractivity contribution in [2.24, 2.45) is 0 Å². The lowest BCUT2D eigenvalue weighted by Gasteiger charge is -2.26. The molecule has 1 amide bonds. The van der Waals surface area contributed by atoms with Crippen LogP contribution in [0.5, 0.6) is 28.7 Å². The van der Waals surface area contributed by atoms with Gasteiger partial charge in [0.25, 0.3) is 11.7 Å². The van der Waals surface area contributed by atoms with Gasteiger partial charge in [-0.05, 0) is 61.9 Å². The molecule has 0 spiro atoms. The first-order valence-corrected chi connectivity index (χ1v) is 12.3. The van der Waals surface area contributed by atoms with Crippen LogP contribution in [0.1, 0.15) is 31.0 Å². The van der Waals surface area contributed by atoms with E-state index in [-0.39, 0.29) is 41.1 Å². The molecule has 1 atom stereocenters. The van der Waals surface area contributed by atoms with E-state index in [1.54, 1.807) is 37.3 Å². The zero-order valence-corrected chi connectivity index (χ0v) is 21.3. The molecule has 2 aliphatic rings. The predicted molar refractivity (Wildman–Crippen MR) is 139 cm³/mol. The minimum atomic E-state index is -1.08. The molecule has 3 aromatic rings. The fourth-order valence-electron chi connectivity index (χ4n) is 4.51. The maximum atomic E-state index is 13.5. The highest BCUT2D eigenvalue weighted by atomic mass is 35.5. The fourth-order valence-corrected chi connectivity index (χ4v) is 4.72. The number of nitrogens with zero attached hydrogens (tertiary/aromatic N) is 1. The number of aromatic hydroxyl groups is 1. The Bertz CT molecular complexity index is 1470. The second-order valence-corrected chi connectivity index (χ2v) is 8.85. The second-order valence-electron chi connectivity index (χ2n) is 8.44. The monoisotopic (exact) mass is 537 g/mol. The molecular formula is C28H24ClNO8. The van der Waals surface area contributed by atoms with E-state index in [2.05, 4.69) is 0 Å². The number of ketones is 1. The first kappa shape index (κ1) is 25.3. The molecule has 196 valence electrons. The first-order valence-electron chi connectivity index (χ1n) is 11.9. The molecule has 1 saturated heterocycles. The van der Waals surface area contributed by atoms with E-state index in [1.165, 1.54) is 29.2 Å². The van der Waals surface area contributed by atoms with Gasteiger partial charge in [-0.1, -0.05) is 17.7 Å². The molecular weight excluding hydrogens is 514 g/mol. The van der Waals surface area contributed by atoms with E-state index in [1.807, 2.05) is 6.92 Å². The number of carbonyl (C=O) groups excluding carboxylic acids is 2. The second kappa shape index (κ2) is 10.2. The molecule has 0 bridgehead atoms. The summed E-state index contributed by atoms with van der Waals surface area (Å²) in [6, 6.07) is 12.9. The van der Waals surface area contributed by atoms with Crippen molar-refractivity contribution in [3.8, 4) is 28.7 Å². The molecule has 5 rings (SSSR count). The minimum Gasteiger partial charge on any atom is -0.507 e. The number of carbonyl (C=O) groups is 2. The van der Waals surface area contributed by atoms with Gasteiger partial charge in [-0.15, -0.1) is 0 Å². The largest absolute Gasteiger partial charge is 0.507 e. The van der Waals surface area contributed by atoms with Crippen LogP contribution in [0.25, 0.3) is 5.76 Å². The van der Waals surface area contributed by atoms with Crippen molar-refractivity contribution in [2.75, 3.05) is 24.9 Å². The molecule has 1 unspecified atom stereocenters. The third-order valence-electron chi connectivity index (χ3n) is 6.18. The molecule has 3 aromatic carbocycles. The Labute approximate surface area is 223 Å². The van der Waals surface area contributed by atoms with E-state index < -0.39 is 23.5 Å². The highest BCUT2D eigenvalue weighted by molar-refractivity contribution is 6.52. The number of phenolic OH excluding ortho intramolecular Hbond substituents is 1. The minimum absolute atomic E-state index is 0.0331. The normalized spacial score (nSPS) is 17.7. The number of phenols is 1. The molecule has 10 heteroatoms. The van der Waals surface area contributed by atoms with Gasteiger partial charge in [-0.3, -0.25) is 14.5 Å². The summed E-state index contributed by atoms with van der Waals surface area (Å²) in [6.07, 6.45) is 0. The van der Waals surface area contributed by atoms with Gasteiger partial charge < -0.3 is 29.2 Å². The van der Waals surface area contributed by atoms with Gasteiger partial charge in [0.15, 0.2) is 23.0 Å². The SMILES string of the molecule is CCOc1ccc(Cl)c(/C(O)=C2\C(=O)C(=O)N(c3ccc4c(c3)OCO4)C2c2ccc(O)c(OCC)c2)c1. The van der Waals surface area contributed by atoms with Crippen LogP contribution in [0.2, 0.25) is 5.02 Å². The van der Waals surface area contributed by atoms with Gasteiger partial charge in [-0.25, -0.2) is 0 Å². The van der Waals surface area contributed by atoms with Crippen molar-refractivity contribution in [2.45, 2.75) is 19.9 Å². The Hall–Kier alpha value is -4.37. The summed E-state index contributed by atoms with van der Waals surface area (Å²) in [5, 5.41) is 21.9. The van der Waals surface area contributed by atoms with Gasteiger partial charge in [0.05, 0.1) is 29.9 Å². The zero-order valence-electron chi connectivity index (χ0n) is 20.6. The van der Waals surface area contributed by atoms with E-state index in [0.29, 0.717) is 35.1 Å². The van der Waals surface area contributed by atoms with Crippen LogP contribution in [-0.4, -0.2) is 41.9 Å². The zero-order chi connectivity index (χ0) is 27.0. The molecule has 2 N–H and O–H groups in total. The van der Waals surface area contributed by atoms with Crippen molar-refractivity contribution in [3.63, 3.8) is 0 Å². The number of ether oxygens (including phenoxy) is 4. The molecule has 38 heavy (non-hydrogen) atoms. The number of hydrogen-bond acceptors (Lipinski definition) is 8. The standard InChI is InChI=1S/C28H24ClNO8/c1-3-35-17-7-8-19(29)18(13-17)26(32)24-25(15-5-9-20(31)22(11-15)36-4-2)30(28(34)27(24)33)16-6-10-21-23(12-16)38-14-37-21/h5-13,25,31-32H,3-4,14H2,1-2H3/b26-24+. The smallest absolute Gasteiger partial charge is 0.300 e. The van der Waals surface area contributed by atoms with Crippen LogP contribution >= 0.6 is 11.6 Å². The van der Waals surface area contributed by atoms with Crippen LogP contribution < -0.4 is 23.8 Å². The van der Waals surface area contributed by atoms with Crippen LogP contribution in [0.15, 0.2) is 60.2 Å². The Morgan fingerprint density at radius 1 is 1.00 bits per heavy atom. The average Bonchev–Trinajstić information content (AvgIpc) is 3.48. The van der Waals surface area contributed by atoms with Gasteiger partial charge in [0.2, 0.25) is 6.79 Å². The molecule has 0 saturated carbocycles. The lowest BCUT2D eigenvalue weighted by Crippen LogP contribution is -2.29. The van der Waals surface area contributed by atoms with Crippen LogP contribution in [0.4, 0.5) is 5.69 Å². The Morgan fingerprint density at radius 2 is 1.76 bits per heavy atom. The van der Waals surface area contributed by atoms with Gasteiger partial charge in [-0.2, -0.15) is 0 Å². The van der Waals surface area contributed by atoms with E-state index >= 15 is 0 Å². The van der Waals surface area contributed by atoms with E-state index in [9.17, 15) is 19.8 Å². The third kappa shape index (κ3) is 4.35. The lowest BCUT2D eigenvalue weighted by atomic mass is 9.94. The van der Waals surface area contributed by atoms with Crippen molar-refractivity contribution < 1.29 is 38.7 Å². The number of amides is 1. The van der Waals surface area contributed by atoms with Crippen molar-refractivity contribution in [1.82, 2.24) is 0 Å². The number of halogens is 1. The molecule has 0 aliphatic carbocycles. The Morgan fingerprint density at radius 3 is 2.53 bits per heavy atom. The number of hydrogen-bond donors (Lipinski definition) is 2. The van der Waals surface area contributed by atoms with Crippen molar-refractivity contribution in [3.05, 3.63) is 76.3 Å². The highest BCUT2D eigenvalue weighted by Crippen LogP contribution is 2.46. The number of rotatable bonds is 7. The quantitative estimate of drug-likeness (QED) is 0.240. The number of anilines is 1. The number of fused-ring (bicyclic) bond motifs is 1. The van der Waals surface area contributed by atoms with Crippen molar-refractivity contribution in [1.29, 1.82) is 0 Å². The number of Topliss-reactive ketones (excluding diaryl/α,β-unsaturated/α-hetero) is 1. The number of aliphatic hydroxyl groups excluding tert-OH is 1. The average molecular weight is 538 g/mol. The number of benzene rings is 3. The molecule has 2 aliphatic heterocycles. The van der Waals surface area contributed by atoms with Gasteiger partial charge in [0, 0.05) is 17.3 Å². The maximum absolute atomic E-state index is 13.5. The van der Waals surface area contributed by atoms with Gasteiger partial charge >= 0.3 is 0 Å². The highest BCUT2D eigenvalue weighted by Gasteiger charge is 2.47.